The molecule has 0 aromatic heterocycles. The molecule has 1 rings (SSSR count). The molecule has 1 aliphatic rings. The standard InChI is InChI=1S/C17H35N3O3S/c1-4-18-17(20-15(2)11-14-24(3,21)22)19-12-8-13-23-16-9-6-5-7-10-16/h15-16H,4-14H2,1-3H3,(H2,18,19,20). The van der Waals surface area contributed by atoms with E-state index in [4.69, 9.17) is 4.74 Å². The molecule has 1 unspecified atom stereocenters. The Morgan fingerprint density at radius 2 is 2.00 bits per heavy atom. The number of guanidine groups is 1. The average molecular weight is 362 g/mol. The van der Waals surface area contributed by atoms with Gasteiger partial charge in [0.25, 0.3) is 0 Å². The summed E-state index contributed by atoms with van der Waals surface area (Å²) in [5, 5.41) is 6.46. The lowest BCUT2D eigenvalue weighted by atomic mass is 9.98. The maximum atomic E-state index is 11.2. The third-order valence-corrected chi connectivity index (χ3v) is 5.10. The van der Waals surface area contributed by atoms with E-state index in [0.29, 0.717) is 19.1 Å². The van der Waals surface area contributed by atoms with Crippen LogP contribution in [-0.2, 0) is 14.6 Å². The maximum Gasteiger partial charge on any atom is 0.191 e. The molecule has 1 fully saturated rings. The number of rotatable bonds is 10. The Morgan fingerprint density at radius 3 is 2.62 bits per heavy atom. The van der Waals surface area contributed by atoms with Crippen molar-refractivity contribution in [2.45, 2.75) is 70.9 Å². The Bertz CT molecular complexity index is 460. The molecule has 7 heteroatoms. The normalized spacial score (nSPS) is 18.4. The number of hydrogen-bond donors (Lipinski definition) is 2. The molecule has 0 aromatic rings. The maximum absolute atomic E-state index is 11.2. The highest BCUT2D eigenvalue weighted by molar-refractivity contribution is 7.90. The number of ether oxygens (including phenoxy) is 1. The zero-order valence-electron chi connectivity index (χ0n) is 15.5. The van der Waals surface area contributed by atoms with Gasteiger partial charge in [0, 0.05) is 32.0 Å². The predicted octanol–water partition coefficient (Wildman–Crippen LogP) is 2.10. The van der Waals surface area contributed by atoms with Crippen molar-refractivity contribution in [2.75, 3.05) is 31.7 Å². The Balaban J connectivity index is 2.25. The average Bonchev–Trinajstić information content (AvgIpc) is 2.53. The first-order valence-electron chi connectivity index (χ1n) is 9.25. The van der Waals surface area contributed by atoms with E-state index in [1.807, 2.05) is 13.8 Å². The predicted molar refractivity (Wildman–Crippen MR) is 100 cm³/mol. The fourth-order valence-corrected chi connectivity index (χ4v) is 3.54. The van der Waals surface area contributed by atoms with Crippen LogP contribution in [0.1, 0.15) is 58.8 Å². The molecule has 0 radical (unpaired) electrons. The fourth-order valence-electron chi connectivity index (χ4n) is 2.75. The van der Waals surface area contributed by atoms with E-state index < -0.39 is 9.84 Å². The molecule has 0 aliphatic heterocycles. The minimum atomic E-state index is -2.92. The lowest BCUT2D eigenvalue weighted by Gasteiger charge is -2.21. The molecule has 0 spiro atoms. The summed E-state index contributed by atoms with van der Waals surface area (Å²) in [5.74, 6) is 0.937. The van der Waals surface area contributed by atoms with Crippen molar-refractivity contribution in [3.8, 4) is 0 Å². The lowest BCUT2D eigenvalue weighted by Crippen LogP contribution is -2.43. The summed E-state index contributed by atoms with van der Waals surface area (Å²) in [6, 6.07) is 0.0658. The van der Waals surface area contributed by atoms with E-state index in [9.17, 15) is 8.42 Å². The summed E-state index contributed by atoms with van der Waals surface area (Å²) in [6.45, 7) is 6.25. The first-order valence-corrected chi connectivity index (χ1v) is 11.3. The Hall–Kier alpha value is -0.820. The highest BCUT2D eigenvalue weighted by Gasteiger charge is 2.13. The molecule has 0 heterocycles. The molecule has 2 N–H and O–H groups in total. The van der Waals surface area contributed by atoms with Gasteiger partial charge in [-0.3, -0.25) is 4.99 Å². The molecular formula is C17H35N3O3S. The third kappa shape index (κ3) is 10.9. The topological polar surface area (TPSA) is 79.8 Å². The molecule has 0 saturated heterocycles. The van der Waals surface area contributed by atoms with Gasteiger partial charge in [-0.1, -0.05) is 19.3 Å². The summed E-state index contributed by atoms with van der Waals surface area (Å²) < 4.78 is 28.4. The lowest BCUT2D eigenvalue weighted by molar-refractivity contribution is 0.0281. The second-order valence-corrected chi connectivity index (χ2v) is 8.97. The van der Waals surface area contributed by atoms with Crippen molar-refractivity contribution < 1.29 is 13.2 Å². The van der Waals surface area contributed by atoms with E-state index >= 15 is 0 Å². The Morgan fingerprint density at radius 1 is 1.29 bits per heavy atom. The molecule has 0 aromatic carbocycles. The smallest absolute Gasteiger partial charge is 0.191 e. The molecular weight excluding hydrogens is 326 g/mol. The van der Waals surface area contributed by atoms with Gasteiger partial charge < -0.3 is 15.4 Å². The molecule has 1 atom stereocenters. The summed E-state index contributed by atoms with van der Waals surface area (Å²) in [4.78, 5) is 4.55. The highest BCUT2D eigenvalue weighted by Crippen LogP contribution is 2.20. The van der Waals surface area contributed by atoms with Crippen LogP contribution >= 0.6 is 0 Å². The summed E-state index contributed by atoms with van der Waals surface area (Å²) >= 11 is 0. The van der Waals surface area contributed by atoms with Crippen molar-refractivity contribution in [3.05, 3.63) is 0 Å². The monoisotopic (exact) mass is 361 g/mol. The molecule has 6 nitrogen and oxygen atoms in total. The van der Waals surface area contributed by atoms with Gasteiger partial charge >= 0.3 is 0 Å². The number of hydrogen-bond acceptors (Lipinski definition) is 4. The van der Waals surface area contributed by atoms with Gasteiger partial charge in [0.1, 0.15) is 9.84 Å². The van der Waals surface area contributed by atoms with E-state index in [1.165, 1.54) is 38.4 Å². The second kappa shape index (κ2) is 11.7. The van der Waals surface area contributed by atoms with Crippen LogP contribution < -0.4 is 10.6 Å². The summed E-state index contributed by atoms with van der Waals surface area (Å²) in [7, 11) is -2.92. The molecule has 0 bridgehead atoms. The van der Waals surface area contributed by atoms with Gasteiger partial charge in [0.15, 0.2) is 5.96 Å². The van der Waals surface area contributed by atoms with Gasteiger partial charge in [-0.25, -0.2) is 8.42 Å². The minimum Gasteiger partial charge on any atom is -0.378 e. The van der Waals surface area contributed by atoms with Crippen LogP contribution in [0, 0.1) is 0 Å². The first kappa shape index (κ1) is 21.2. The molecule has 142 valence electrons. The SMILES string of the molecule is CCNC(=NCCCOC1CCCCC1)NC(C)CCS(C)(=O)=O. The van der Waals surface area contributed by atoms with Crippen molar-refractivity contribution >= 4 is 15.8 Å². The van der Waals surface area contributed by atoms with Gasteiger partial charge in [-0.05, 0) is 39.5 Å². The second-order valence-electron chi connectivity index (χ2n) is 6.71. The van der Waals surface area contributed by atoms with Gasteiger partial charge in [-0.2, -0.15) is 0 Å². The third-order valence-electron chi connectivity index (χ3n) is 4.13. The number of nitrogens with zero attached hydrogens (tertiary/aromatic N) is 1. The van der Waals surface area contributed by atoms with Gasteiger partial charge in [-0.15, -0.1) is 0 Å². The molecule has 0 amide bonds. The number of aliphatic imine (C=N–C) groups is 1. The highest BCUT2D eigenvalue weighted by atomic mass is 32.2. The molecule has 1 aliphatic carbocycles. The van der Waals surface area contributed by atoms with E-state index in [1.54, 1.807) is 0 Å². The van der Waals surface area contributed by atoms with E-state index in [0.717, 1.165) is 25.5 Å². The van der Waals surface area contributed by atoms with Crippen LogP contribution in [0.15, 0.2) is 4.99 Å². The summed E-state index contributed by atoms with van der Waals surface area (Å²) in [6.07, 6.45) is 9.54. The quantitative estimate of drug-likeness (QED) is 0.354. The van der Waals surface area contributed by atoms with Crippen molar-refractivity contribution in [1.82, 2.24) is 10.6 Å². The first-order chi connectivity index (χ1) is 11.4. The number of sulfone groups is 1. The van der Waals surface area contributed by atoms with Crippen molar-refractivity contribution in [2.24, 2.45) is 4.99 Å². The Labute approximate surface area is 147 Å². The van der Waals surface area contributed by atoms with Gasteiger partial charge in [0.2, 0.25) is 0 Å². The van der Waals surface area contributed by atoms with Gasteiger partial charge in [0.05, 0.1) is 11.9 Å². The van der Waals surface area contributed by atoms with E-state index in [-0.39, 0.29) is 11.8 Å². The minimum absolute atomic E-state index is 0.0658. The van der Waals surface area contributed by atoms with Crippen molar-refractivity contribution in [3.63, 3.8) is 0 Å². The van der Waals surface area contributed by atoms with Crippen LogP contribution in [0.25, 0.3) is 0 Å². The van der Waals surface area contributed by atoms with Crippen LogP contribution in [0.5, 0.6) is 0 Å². The number of nitrogens with one attached hydrogen (secondary N) is 2. The Kier molecular flexibility index (Phi) is 10.3. The largest absolute Gasteiger partial charge is 0.378 e. The zero-order chi connectivity index (χ0) is 17.8. The van der Waals surface area contributed by atoms with E-state index in [2.05, 4.69) is 15.6 Å². The van der Waals surface area contributed by atoms with Crippen LogP contribution in [-0.4, -0.2) is 58.2 Å². The van der Waals surface area contributed by atoms with Crippen LogP contribution in [0.2, 0.25) is 0 Å². The summed E-state index contributed by atoms with van der Waals surface area (Å²) in [5.41, 5.74) is 0. The van der Waals surface area contributed by atoms with Crippen LogP contribution in [0.4, 0.5) is 0 Å². The molecule has 1 saturated carbocycles. The van der Waals surface area contributed by atoms with Crippen molar-refractivity contribution in [1.29, 1.82) is 0 Å². The molecule has 24 heavy (non-hydrogen) atoms. The zero-order valence-corrected chi connectivity index (χ0v) is 16.3. The fraction of sp³-hybridized carbons (Fsp3) is 0.941. The van der Waals surface area contributed by atoms with Crippen LogP contribution in [0.3, 0.4) is 0 Å².